The average Bonchev–Trinajstić information content (AvgIpc) is 2.67. The van der Waals surface area contributed by atoms with Gasteiger partial charge in [0, 0.05) is 43.9 Å². The predicted octanol–water partition coefficient (Wildman–Crippen LogP) is 1.88. The zero-order chi connectivity index (χ0) is 18.5. The molecule has 1 saturated heterocycles. The van der Waals surface area contributed by atoms with Gasteiger partial charge in [0.25, 0.3) is 0 Å². The normalized spacial score (nSPS) is 16.9. The van der Waals surface area contributed by atoms with Crippen molar-refractivity contribution in [3.8, 4) is 0 Å². The maximum atomic E-state index is 13.2. The van der Waals surface area contributed by atoms with Crippen LogP contribution in [0.15, 0.2) is 48.8 Å². The van der Waals surface area contributed by atoms with E-state index in [1.54, 1.807) is 18.3 Å². The lowest BCUT2D eigenvalue weighted by molar-refractivity contribution is -0.143. The van der Waals surface area contributed by atoms with Crippen LogP contribution in [0.5, 0.6) is 0 Å². The maximum Gasteiger partial charge on any atom is 0.247 e. The van der Waals surface area contributed by atoms with Crippen molar-refractivity contribution in [3.63, 3.8) is 0 Å². The Labute approximate surface area is 150 Å². The quantitative estimate of drug-likeness (QED) is 0.831. The van der Waals surface area contributed by atoms with Crippen LogP contribution in [0, 0.1) is 5.82 Å². The van der Waals surface area contributed by atoms with Gasteiger partial charge < -0.3 is 10.2 Å². The highest BCUT2D eigenvalue weighted by molar-refractivity contribution is 5.98. The Morgan fingerprint density at radius 1 is 1.19 bits per heavy atom. The van der Waals surface area contributed by atoms with Crippen LogP contribution in [0.4, 0.5) is 4.39 Å². The molecule has 134 valence electrons. The van der Waals surface area contributed by atoms with E-state index in [1.807, 2.05) is 0 Å². The molecular weight excluding hydrogens is 337 g/mol. The average molecular weight is 355 g/mol. The van der Waals surface area contributed by atoms with Crippen molar-refractivity contribution in [3.05, 3.63) is 65.7 Å². The third-order valence-electron chi connectivity index (χ3n) is 4.27. The molecule has 1 unspecified atom stereocenters. The number of nitrogens with zero attached hydrogens (tertiary/aromatic N) is 2. The smallest absolute Gasteiger partial charge is 0.247 e. The number of amides is 2. The van der Waals surface area contributed by atoms with Crippen molar-refractivity contribution in [1.82, 2.24) is 15.2 Å². The van der Waals surface area contributed by atoms with E-state index in [0.717, 1.165) is 0 Å². The van der Waals surface area contributed by atoms with Gasteiger partial charge in [-0.3, -0.25) is 19.4 Å². The molecule has 0 aliphatic carbocycles. The minimum Gasteiger partial charge on any atom is -0.352 e. The molecule has 7 heteroatoms. The van der Waals surface area contributed by atoms with Crippen LogP contribution >= 0.6 is 0 Å². The number of carbonyl (C=O) groups excluding carboxylic acids is 3. The van der Waals surface area contributed by atoms with Crippen LogP contribution in [-0.2, 0) is 9.59 Å². The summed E-state index contributed by atoms with van der Waals surface area (Å²) in [5.74, 6) is -1.18. The largest absolute Gasteiger partial charge is 0.352 e. The Balaban J connectivity index is 1.70. The first-order chi connectivity index (χ1) is 12.6. The Morgan fingerprint density at radius 3 is 2.65 bits per heavy atom. The number of ketones is 1. The van der Waals surface area contributed by atoms with Crippen LogP contribution in [0.3, 0.4) is 0 Å². The molecule has 2 heterocycles. The number of benzene rings is 1. The number of rotatable bonds is 5. The van der Waals surface area contributed by atoms with E-state index < -0.39 is 11.9 Å². The van der Waals surface area contributed by atoms with E-state index >= 15 is 0 Å². The molecule has 0 radical (unpaired) electrons. The van der Waals surface area contributed by atoms with Gasteiger partial charge in [0.15, 0.2) is 5.78 Å². The third kappa shape index (κ3) is 3.93. The first-order valence-electron chi connectivity index (χ1n) is 8.32. The zero-order valence-electron chi connectivity index (χ0n) is 14.0. The second-order valence-electron chi connectivity index (χ2n) is 6.00. The van der Waals surface area contributed by atoms with E-state index in [1.165, 1.54) is 35.4 Å². The van der Waals surface area contributed by atoms with Crippen molar-refractivity contribution in [2.24, 2.45) is 0 Å². The fraction of sp³-hybridized carbons (Fsp3) is 0.263. The van der Waals surface area contributed by atoms with Crippen molar-refractivity contribution < 1.29 is 18.8 Å². The SMILES string of the molecule is O=C(CCC(=O)N1CCNC(=O)C1c1ccc(F)cc1)c1cccnc1. The molecule has 0 spiro atoms. The standard InChI is InChI=1S/C19H18FN3O3/c20-15-5-3-13(4-6-15)18-19(26)22-10-11-23(18)17(25)8-7-16(24)14-2-1-9-21-12-14/h1-6,9,12,18H,7-8,10-11H2,(H,22,26). The van der Waals surface area contributed by atoms with Crippen LogP contribution in [0.2, 0.25) is 0 Å². The molecule has 26 heavy (non-hydrogen) atoms. The fourth-order valence-electron chi connectivity index (χ4n) is 2.95. The first kappa shape index (κ1) is 17.7. The van der Waals surface area contributed by atoms with Gasteiger partial charge in [-0.25, -0.2) is 4.39 Å². The highest BCUT2D eigenvalue weighted by atomic mass is 19.1. The number of nitrogens with one attached hydrogen (secondary N) is 1. The van der Waals surface area contributed by atoms with Gasteiger partial charge in [0.05, 0.1) is 0 Å². The minimum atomic E-state index is -0.814. The molecule has 1 aliphatic heterocycles. The van der Waals surface area contributed by atoms with Gasteiger partial charge in [-0.15, -0.1) is 0 Å². The Kier molecular flexibility index (Phi) is 5.36. The molecule has 0 saturated carbocycles. The number of hydrogen-bond donors (Lipinski definition) is 1. The van der Waals surface area contributed by atoms with E-state index in [9.17, 15) is 18.8 Å². The zero-order valence-corrected chi connectivity index (χ0v) is 14.0. The monoisotopic (exact) mass is 355 g/mol. The lowest BCUT2D eigenvalue weighted by atomic mass is 10.0. The van der Waals surface area contributed by atoms with Gasteiger partial charge in [0.2, 0.25) is 11.8 Å². The van der Waals surface area contributed by atoms with E-state index in [-0.39, 0.29) is 30.4 Å². The van der Waals surface area contributed by atoms with Crippen LogP contribution in [0.1, 0.15) is 34.8 Å². The second-order valence-corrected chi connectivity index (χ2v) is 6.00. The molecular formula is C19H18FN3O3. The number of carbonyl (C=O) groups is 3. The molecule has 0 bridgehead atoms. The summed E-state index contributed by atoms with van der Waals surface area (Å²) in [6.07, 6.45) is 3.07. The van der Waals surface area contributed by atoms with Crippen LogP contribution in [0.25, 0.3) is 0 Å². The third-order valence-corrected chi connectivity index (χ3v) is 4.27. The summed E-state index contributed by atoms with van der Waals surface area (Å²) in [5.41, 5.74) is 0.988. The minimum absolute atomic E-state index is 0.00129. The molecule has 2 amide bonds. The Morgan fingerprint density at radius 2 is 1.96 bits per heavy atom. The van der Waals surface area contributed by atoms with Crippen molar-refractivity contribution in [2.45, 2.75) is 18.9 Å². The number of Topliss-reactive ketones (excluding diaryl/α,β-unsaturated/α-hetero) is 1. The molecule has 1 fully saturated rings. The summed E-state index contributed by atoms with van der Waals surface area (Å²) >= 11 is 0. The topological polar surface area (TPSA) is 79.4 Å². The highest BCUT2D eigenvalue weighted by Gasteiger charge is 2.34. The van der Waals surface area contributed by atoms with Crippen LogP contribution in [-0.4, -0.2) is 40.6 Å². The fourth-order valence-corrected chi connectivity index (χ4v) is 2.95. The van der Waals surface area contributed by atoms with Crippen molar-refractivity contribution >= 4 is 17.6 Å². The van der Waals surface area contributed by atoms with E-state index in [2.05, 4.69) is 10.3 Å². The molecule has 6 nitrogen and oxygen atoms in total. The van der Waals surface area contributed by atoms with Gasteiger partial charge in [-0.1, -0.05) is 12.1 Å². The highest BCUT2D eigenvalue weighted by Crippen LogP contribution is 2.24. The molecule has 1 atom stereocenters. The second kappa shape index (κ2) is 7.86. The molecule has 1 aliphatic rings. The lowest BCUT2D eigenvalue weighted by Crippen LogP contribution is -2.52. The number of halogens is 1. The van der Waals surface area contributed by atoms with Gasteiger partial charge >= 0.3 is 0 Å². The molecule has 1 aromatic carbocycles. The van der Waals surface area contributed by atoms with Crippen molar-refractivity contribution in [1.29, 1.82) is 0 Å². The first-order valence-corrected chi connectivity index (χ1v) is 8.32. The van der Waals surface area contributed by atoms with Gasteiger partial charge in [0.1, 0.15) is 11.9 Å². The Hall–Kier alpha value is -3.09. The molecule has 3 rings (SSSR count). The molecule has 1 aromatic heterocycles. The lowest BCUT2D eigenvalue weighted by Gasteiger charge is -2.35. The van der Waals surface area contributed by atoms with Gasteiger partial charge in [-0.05, 0) is 29.8 Å². The van der Waals surface area contributed by atoms with E-state index in [4.69, 9.17) is 0 Å². The summed E-state index contributed by atoms with van der Waals surface area (Å²) in [7, 11) is 0. The van der Waals surface area contributed by atoms with Crippen LogP contribution < -0.4 is 5.32 Å². The molecule has 2 aromatic rings. The summed E-state index contributed by atoms with van der Waals surface area (Å²) in [5, 5.41) is 2.72. The summed E-state index contributed by atoms with van der Waals surface area (Å²) < 4.78 is 13.2. The number of pyridine rings is 1. The summed E-state index contributed by atoms with van der Waals surface area (Å²) in [4.78, 5) is 42.4. The van der Waals surface area contributed by atoms with E-state index in [0.29, 0.717) is 24.2 Å². The predicted molar refractivity (Wildman–Crippen MR) is 91.7 cm³/mol. The molecule has 1 N–H and O–H groups in total. The van der Waals surface area contributed by atoms with Crippen molar-refractivity contribution in [2.75, 3.05) is 13.1 Å². The number of hydrogen-bond acceptors (Lipinski definition) is 4. The maximum absolute atomic E-state index is 13.2. The Bertz CT molecular complexity index is 809. The number of piperazine rings is 1. The number of aromatic nitrogens is 1. The summed E-state index contributed by atoms with van der Waals surface area (Å²) in [6, 6.07) is 7.99. The summed E-state index contributed by atoms with van der Waals surface area (Å²) in [6.45, 7) is 0.687. The van der Waals surface area contributed by atoms with Gasteiger partial charge in [-0.2, -0.15) is 0 Å².